The van der Waals surface area contributed by atoms with E-state index in [1.54, 1.807) is 30.3 Å². The van der Waals surface area contributed by atoms with Gasteiger partial charge in [-0.2, -0.15) is 0 Å². The Morgan fingerprint density at radius 1 is 1.20 bits per heavy atom. The fraction of sp³-hybridized carbons (Fsp3) is 0.158. The summed E-state index contributed by atoms with van der Waals surface area (Å²) >= 11 is 5.89. The lowest BCUT2D eigenvalue weighted by atomic mass is 10.1. The van der Waals surface area contributed by atoms with Gasteiger partial charge in [-0.05, 0) is 48.4 Å². The molecule has 0 aromatic heterocycles. The zero-order chi connectivity index (χ0) is 17.8. The molecule has 2 aromatic carbocycles. The van der Waals surface area contributed by atoms with E-state index in [0.29, 0.717) is 16.4 Å². The first-order valence-corrected chi connectivity index (χ1v) is 8.41. The molecular formula is C19H18ClN3O2. The van der Waals surface area contributed by atoms with Crippen molar-refractivity contribution in [3.63, 3.8) is 0 Å². The summed E-state index contributed by atoms with van der Waals surface area (Å²) in [6, 6.07) is 14.5. The lowest BCUT2D eigenvalue weighted by Gasteiger charge is -2.28. The molecule has 1 heterocycles. The second-order valence-corrected chi connectivity index (χ2v) is 6.04. The summed E-state index contributed by atoms with van der Waals surface area (Å²) < 4.78 is 0. The summed E-state index contributed by atoms with van der Waals surface area (Å²) in [6.45, 7) is 2.03. The third-order valence-corrected chi connectivity index (χ3v) is 4.19. The van der Waals surface area contributed by atoms with Crippen molar-refractivity contribution in [2.24, 2.45) is 0 Å². The van der Waals surface area contributed by atoms with Crippen LogP contribution in [0.25, 0.3) is 0 Å². The lowest BCUT2D eigenvalue weighted by molar-refractivity contribution is -0.119. The van der Waals surface area contributed by atoms with Gasteiger partial charge in [0.2, 0.25) is 5.91 Å². The number of nitrogens with one attached hydrogen (secondary N) is 2. The number of carbonyl (C=O) groups is 2. The van der Waals surface area contributed by atoms with Gasteiger partial charge >= 0.3 is 0 Å². The number of amides is 2. The third-order valence-electron chi connectivity index (χ3n) is 3.94. The number of hydrogen-bond donors (Lipinski definition) is 2. The van der Waals surface area contributed by atoms with E-state index in [-0.39, 0.29) is 18.2 Å². The van der Waals surface area contributed by atoms with Gasteiger partial charge in [0.05, 0.1) is 5.69 Å². The number of hydrazine groups is 1. The number of carbonyl (C=O) groups excluding carboxylic acids is 2. The summed E-state index contributed by atoms with van der Waals surface area (Å²) in [4.78, 5) is 24.7. The molecule has 0 radical (unpaired) electrons. The van der Waals surface area contributed by atoms with E-state index in [9.17, 15) is 9.59 Å². The molecule has 5 nitrogen and oxygen atoms in total. The van der Waals surface area contributed by atoms with Crippen LogP contribution in [-0.4, -0.2) is 11.8 Å². The Labute approximate surface area is 151 Å². The van der Waals surface area contributed by atoms with Crippen LogP contribution in [0.5, 0.6) is 0 Å². The van der Waals surface area contributed by atoms with Crippen LogP contribution in [0.3, 0.4) is 0 Å². The Hall–Kier alpha value is -2.79. The Morgan fingerprint density at radius 3 is 2.64 bits per heavy atom. The number of anilines is 2. The zero-order valence-electron chi connectivity index (χ0n) is 13.8. The number of para-hydroxylation sites is 1. The highest BCUT2D eigenvalue weighted by Crippen LogP contribution is 2.21. The van der Waals surface area contributed by atoms with Crippen molar-refractivity contribution >= 4 is 34.8 Å². The van der Waals surface area contributed by atoms with Crippen LogP contribution in [0.2, 0.25) is 5.02 Å². The molecule has 1 aliphatic rings. The molecule has 0 spiro atoms. The van der Waals surface area contributed by atoms with Crippen LogP contribution in [0.1, 0.15) is 18.9 Å². The summed E-state index contributed by atoms with van der Waals surface area (Å²) in [5.74, 6) is -0.430. The average molecular weight is 356 g/mol. The van der Waals surface area contributed by atoms with E-state index in [1.807, 2.05) is 31.2 Å². The fourth-order valence-corrected chi connectivity index (χ4v) is 2.72. The summed E-state index contributed by atoms with van der Waals surface area (Å²) in [6.07, 6.45) is 2.56. The molecule has 0 unspecified atom stereocenters. The van der Waals surface area contributed by atoms with E-state index in [4.69, 9.17) is 11.6 Å². The number of nitrogens with zero attached hydrogens (tertiary/aromatic N) is 1. The Morgan fingerprint density at radius 2 is 1.92 bits per heavy atom. The van der Waals surface area contributed by atoms with Crippen LogP contribution in [0, 0.1) is 0 Å². The summed E-state index contributed by atoms with van der Waals surface area (Å²) in [5.41, 5.74) is 5.67. The normalized spacial score (nSPS) is 13.9. The molecular weight excluding hydrogens is 338 g/mol. The largest absolute Gasteiger partial charge is 0.320 e. The first kappa shape index (κ1) is 17.0. The van der Waals surface area contributed by atoms with Gasteiger partial charge in [-0.3, -0.25) is 15.0 Å². The van der Waals surface area contributed by atoms with E-state index < -0.39 is 0 Å². The Kier molecular flexibility index (Phi) is 5.05. The maximum atomic E-state index is 12.6. The van der Waals surface area contributed by atoms with Crippen molar-refractivity contribution in [3.05, 3.63) is 70.9 Å². The van der Waals surface area contributed by atoms with E-state index in [1.165, 1.54) is 5.01 Å². The molecule has 128 valence electrons. The van der Waals surface area contributed by atoms with Crippen molar-refractivity contribution in [2.45, 2.75) is 19.8 Å². The molecule has 0 fully saturated rings. The average Bonchev–Trinajstić information content (AvgIpc) is 2.63. The molecule has 2 aromatic rings. The molecule has 2 amide bonds. The van der Waals surface area contributed by atoms with Crippen LogP contribution in [-0.2, 0) is 16.0 Å². The van der Waals surface area contributed by atoms with Gasteiger partial charge in [0.15, 0.2) is 0 Å². The smallest absolute Gasteiger partial charge is 0.273 e. The van der Waals surface area contributed by atoms with Crippen molar-refractivity contribution in [1.29, 1.82) is 0 Å². The number of aryl methyl sites for hydroxylation is 1. The van der Waals surface area contributed by atoms with Crippen LogP contribution in [0.15, 0.2) is 60.3 Å². The van der Waals surface area contributed by atoms with E-state index in [2.05, 4.69) is 10.7 Å². The molecule has 0 bridgehead atoms. The molecule has 6 heteroatoms. The SMILES string of the molecule is CCc1ccccc1NC(=O)C1=CCC(=O)N(c2ccc(Cl)cc2)N1. The molecule has 1 aliphatic heterocycles. The molecule has 3 rings (SSSR count). The lowest BCUT2D eigenvalue weighted by Crippen LogP contribution is -2.47. The standard InChI is InChI=1S/C19H18ClN3O2/c1-2-13-5-3-4-6-16(13)21-19(25)17-11-12-18(24)23(22-17)15-9-7-14(20)8-10-15/h3-11,22H,2,12H2,1H3,(H,21,25). The molecule has 25 heavy (non-hydrogen) atoms. The van der Waals surface area contributed by atoms with Gasteiger partial charge in [0.25, 0.3) is 5.91 Å². The minimum Gasteiger partial charge on any atom is -0.320 e. The minimum atomic E-state index is -0.285. The topological polar surface area (TPSA) is 61.4 Å². The maximum Gasteiger partial charge on any atom is 0.273 e. The molecule has 0 aliphatic carbocycles. The van der Waals surface area contributed by atoms with Crippen molar-refractivity contribution in [1.82, 2.24) is 5.43 Å². The van der Waals surface area contributed by atoms with Crippen molar-refractivity contribution < 1.29 is 9.59 Å². The van der Waals surface area contributed by atoms with E-state index >= 15 is 0 Å². The van der Waals surface area contributed by atoms with Gasteiger partial charge in [-0.15, -0.1) is 0 Å². The number of halogens is 1. The highest BCUT2D eigenvalue weighted by molar-refractivity contribution is 6.30. The molecule has 0 saturated heterocycles. The zero-order valence-corrected chi connectivity index (χ0v) is 14.5. The van der Waals surface area contributed by atoms with Gasteiger partial charge in [0, 0.05) is 17.1 Å². The Bertz CT molecular complexity index is 831. The summed E-state index contributed by atoms with van der Waals surface area (Å²) in [7, 11) is 0. The van der Waals surface area contributed by atoms with E-state index in [0.717, 1.165) is 17.7 Å². The minimum absolute atomic E-state index is 0.146. The van der Waals surface area contributed by atoms with Crippen LogP contribution < -0.4 is 15.8 Å². The number of rotatable bonds is 4. The third kappa shape index (κ3) is 3.83. The predicted octanol–water partition coefficient (Wildman–Crippen LogP) is 3.67. The quantitative estimate of drug-likeness (QED) is 0.879. The van der Waals surface area contributed by atoms with Gasteiger partial charge in [-0.1, -0.05) is 36.7 Å². The molecule has 0 atom stereocenters. The highest BCUT2D eigenvalue weighted by Gasteiger charge is 2.24. The number of benzene rings is 2. The number of hydrogen-bond acceptors (Lipinski definition) is 3. The van der Waals surface area contributed by atoms with Crippen molar-refractivity contribution in [2.75, 3.05) is 10.3 Å². The van der Waals surface area contributed by atoms with Crippen LogP contribution >= 0.6 is 11.6 Å². The second-order valence-electron chi connectivity index (χ2n) is 5.60. The first-order valence-electron chi connectivity index (χ1n) is 8.03. The highest BCUT2D eigenvalue weighted by atomic mass is 35.5. The predicted molar refractivity (Wildman–Crippen MR) is 99.2 cm³/mol. The molecule has 2 N–H and O–H groups in total. The van der Waals surface area contributed by atoms with Gasteiger partial charge < -0.3 is 5.32 Å². The van der Waals surface area contributed by atoms with Gasteiger partial charge in [0.1, 0.15) is 5.70 Å². The van der Waals surface area contributed by atoms with Gasteiger partial charge in [-0.25, -0.2) is 5.01 Å². The second kappa shape index (κ2) is 7.40. The summed E-state index contributed by atoms with van der Waals surface area (Å²) in [5, 5.41) is 4.84. The Balaban J connectivity index is 1.77. The van der Waals surface area contributed by atoms with Crippen LogP contribution in [0.4, 0.5) is 11.4 Å². The fourth-order valence-electron chi connectivity index (χ4n) is 2.59. The monoisotopic (exact) mass is 355 g/mol. The maximum absolute atomic E-state index is 12.6. The molecule has 0 saturated carbocycles. The first-order chi connectivity index (χ1) is 12.1. The van der Waals surface area contributed by atoms with Crippen molar-refractivity contribution in [3.8, 4) is 0 Å².